The predicted octanol–water partition coefficient (Wildman–Crippen LogP) is 3.81. The van der Waals surface area contributed by atoms with Crippen LogP contribution in [0.2, 0.25) is 5.02 Å². The Hall–Kier alpha value is -1.65. The minimum absolute atomic E-state index is 0.235. The topological polar surface area (TPSA) is 29.3 Å². The summed E-state index contributed by atoms with van der Waals surface area (Å²) in [5.41, 5.74) is 9.20. The molecule has 1 heterocycles. The first-order chi connectivity index (χ1) is 9.56. The van der Waals surface area contributed by atoms with Gasteiger partial charge in [-0.2, -0.15) is 0 Å². The quantitative estimate of drug-likeness (QED) is 0.856. The van der Waals surface area contributed by atoms with Crippen LogP contribution in [0.3, 0.4) is 0 Å². The summed E-state index contributed by atoms with van der Waals surface area (Å²) in [6.07, 6.45) is 0.893. The summed E-state index contributed by atoms with van der Waals surface area (Å²) in [4.78, 5) is 2.32. The van der Waals surface area contributed by atoms with E-state index in [1.807, 2.05) is 23.1 Å². The highest BCUT2D eigenvalue weighted by Crippen LogP contribution is 2.36. The van der Waals surface area contributed by atoms with Crippen LogP contribution in [0.5, 0.6) is 0 Å². The number of fused-ring (bicyclic) bond motifs is 1. The Morgan fingerprint density at radius 1 is 1.25 bits per heavy atom. The molecule has 1 aliphatic rings. The molecular weight excluding hydrogens is 295 g/mol. The average molecular weight is 307 g/mol. The summed E-state index contributed by atoms with van der Waals surface area (Å²) in [6, 6.07) is 10.4. The Kier molecular flexibility index (Phi) is 3.36. The second kappa shape index (κ2) is 5.04. The molecule has 2 aromatic carbocycles. The Morgan fingerprint density at radius 2 is 2.05 bits per heavy atom. The van der Waals surface area contributed by atoms with E-state index in [4.69, 9.17) is 29.6 Å². The highest BCUT2D eigenvalue weighted by molar-refractivity contribution is 7.80. The smallest absolute Gasteiger partial charge is 0.125 e. The van der Waals surface area contributed by atoms with Crippen molar-refractivity contribution < 1.29 is 4.39 Å². The Morgan fingerprint density at radius 3 is 2.75 bits per heavy atom. The highest BCUT2D eigenvalue weighted by atomic mass is 35.5. The molecular formula is C15H12ClFN2S. The molecule has 0 fully saturated rings. The first-order valence-electron chi connectivity index (χ1n) is 6.21. The van der Waals surface area contributed by atoms with Crippen LogP contribution in [0.25, 0.3) is 0 Å². The third kappa shape index (κ3) is 2.25. The van der Waals surface area contributed by atoms with Crippen molar-refractivity contribution in [2.45, 2.75) is 6.42 Å². The van der Waals surface area contributed by atoms with Crippen LogP contribution in [0.4, 0.5) is 15.8 Å². The number of benzene rings is 2. The van der Waals surface area contributed by atoms with Gasteiger partial charge in [-0.3, -0.25) is 0 Å². The Bertz CT molecular complexity index is 702. The number of thiocarbonyl (C=S) groups is 1. The predicted molar refractivity (Wildman–Crippen MR) is 84.4 cm³/mol. The molecule has 2 aromatic rings. The Balaban J connectivity index is 2.02. The van der Waals surface area contributed by atoms with Crippen molar-refractivity contribution in [1.82, 2.24) is 0 Å². The molecule has 2 nitrogen and oxygen atoms in total. The first kappa shape index (κ1) is 13.3. The molecule has 102 valence electrons. The van der Waals surface area contributed by atoms with Gasteiger partial charge in [0, 0.05) is 23.5 Å². The van der Waals surface area contributed by atoms with E-state index in [0.29, 0.717) is 10.6 Å². The zero-order valence-electron chi connectivity index (χ0n) is 10.6. The first-order valence-corrected chi connectivity index (χ1v) is 7.00. The van der Waals surface area contributed by atoms with E-state index in [9.17, 15) is 4.39 Å². The monoisotopic (exact) mass is 306 g/mol. The number of hydrogen-bond donors (Lipinski definition) is 1. The lowest BCUT2D eigenvalue weighted by Crippen LogP contribution is -2.15. The van der Waals surface area contributed by atoms with Crippen LogP contribution < -0.4 is 10.6 Å². The van der Waals surface area contributed by atoms with Gasteiger partial charge < -0.3 is 10.6 Å². The third-order valence-corrected chi connectivity index (χ3v) is 4.01. The molecule has 0 radical (unpaired) electrons. The van der Waals surface area contributed by atoms with Crippen LogP contribution >= 0.6 is 23.8 Å². The Labute approximate surface area is 127 Å². The molecule has 0 spiro atoms. The molecule has 0 saturated carbocycles. The normalized spacial score (nSPS) is 13.4. The minimum atomic E-state index is -0.235. The second-order valence-electron chi connectivity index (χ2n) is 4.70. The fourth-order valence-corrected chi connectivity index (χ4v) is 3.00. The zero-order chi connectivity index (χ0) is 14.3. The molecule has 0 bridgehead atoms. The van der Waals surface area contributed by atoms with Crippen LogP contribution in [0, 0.1) is 5.82 Å². The molecule has 0 aliphatic carbocycles. The molecule has 20 heavy (non-hydrogen) atoms. The van der Waals surface area contributed by atoms with E-state index < -0.39 is 0 Å². The van der Waals surface area contributed by atoms with Gasteiger partial charge in [0.25, 0.3) is 0 Å². The number of nitrogens with zero attached hydrogens (tertiary/aromatic N) is 1. The molecule has 5 heteroatoms. The summed E-state index contributed by atoms with van der Waals surface area (Å²) in [5.74, 6) is -0.235. The lowest BCUT2D eigenvalue weighted by atomic mass is 10.1. The summed E-state index contributed by atoms with van der Waals surface area (Å²) in [6.45, 7) is 0.807. The maximum absolute atomic E-state index is 13.4. The summed E-state index contributed by atoms with van der Waals surface area (Å²) in [7, 11) is 0. The maximum atomic E-state index is 13.4. The molecule has 2 N–H and O–H groups in total. The number of hydrogen-bond acceptors (Lipinski definition) is 2. The second-order valence-corrected chi connectivity index (χ2v) is 5.55. The molecule has 0 atom stereocenters. The van der Waals surface area contributed by atoms with E-state index in [0.717, 1.165) is 29.9 Å². The van der Waals surface area contributed by atoms with Crippen molar-refractivity contribution >= 4 is 40.2 Å². The van der Waals surface area contributed by atoms with Crippen molar-refractivity contribution in [3.63, 3.8) is 0 Å². The number of nitrogens with two attached hydrogens (primary N) is 1. The van der Waals surface area contributed by atoms with E-state index in [2.05, 4.69) is 0 Å². The summed E-state index contributed by atoms with van der Waals surface area (Å²) < 4.78 is 13.4. The fraction of sp³-hybridized carbons (Fsp3) is 0.133. The molecule has 3 rings (SSSR count). The van der Waals surface area contributed by atoms with Gasteiger partial charge in [0.05, 0.1) is 5.02 Å². The average Bonchev–Trinajstić information content (AvgIpc) is 2.81. The van der Waals surface area contributed by atoms with E-state index in [-0.39, 0.29) is 10.8 Å². The van der Waals surface area contributed by atoms with Crippen LogP contribution in [0.15, 0.2) is 36.4 Å². The highest BCUT2D eigenvalue weighted by Gasteiger charge is 2.21. The molecule has 0 unspecified atom stereocenters. The zero-order valence-corrected chi connectivity index (χ0v) is 12.1. The van der Waals surface area contributed by atoms with Gasteiger partial charge in [0.2, 0.25) is 0 Å². The molecule has 1 aliphatic heterocycles. The summed E-state index contributed by atoms with van der Waals surface area (Å²) >= 11 is 11.1. The van der Waals surface area contributed by atoms with Gasteiger partial charge in [-0.15, -0.1) is 0 Å². The van der Waals surface area contributed by atoms with Gasteiger partial charge in [0.15, 0.2) is 0 Å². The third-order valence-electron chi connectivity index (χ3n) is 3.47. The van der Waals surface area contributed by atoms with Crippen LogP contribution in [-0.2, 0) is 6.42 Å². The van der Waals surface area contributed by atoms with Gasteiger partial charge in [-0.25, -0.2) is 4.39 Å². The lowest BCUT2D eigenvalue weighted by Gasteiger charge is -2.20. The van der Waals surface area contributed by atoms with Crippen molar-refractivity contribution in [1.29, 1.82) is 0 Å². The van der Waals surface area contributed by atoms with Crippen LogP contribution in [0.1, 0.15) is 11.1 Å². The maximum Gasteiger partial charge on any atom is 0.125 e. The van der Waals surface area contributed by atoms with Gasteiger partial charge in [0.1, 0.15) is 10.8 Å². The van der Waals surface area contributed by atoms with Crippen molar-refractivity contribution in [2.75, 3.05) is 11.4 Å². The van der Waals surface area contributed by atoms with E-state index in [1.165, 1.54) is 6.07 Å². The summed E-state index contributed by atoms with van der Waals surface area (Å²) in [5, 5.41) is 0.514. The number of halogens is 2. The van der Waals surface area contributed by atoms with Crippen LogP contribution in [-0.4, -0.2) is 11.5 Å². The molecule has 0 saturated heterocycles. The van der Waals surface area contributed by atoms with Gasteiger partial charge >= 0.3 is 0 Å². The van der Waals surface area contributed by atoms with E-state index >= 15 is 0 Å². The van der Waals surface area contributed by atoms with Gasteiger partial charge in [-0.05, 0) is 42.3 Å². The fourth-order valence-electron chi connectivity index (χ4n) is 2.49. The minimum Gasteiger partial charge on any atom is -0.389 e. The van der Waals surface area contributed by atoms with Crippen molar-refractivity contribution in [3.05, 3.63) is 58.4 Å². The number of rotatable bonds is 2. The standard InChI is InChI=1S/C15H12ClFN2S/c16-13-8-11(3-4-12(13)15(18)20)19-6-5-9-1-2-10(17)7-14(9)19/h1-4,7-8H,5-6H2,(H2,18,20). The van der Waals surface area contributed by atoms with E-state index in [1.54, 1.807) is 12.1 Å². The molecule has 0 amide bonds. The van der Waals surface area contributed by atoms with Crippen molar-refractivity contribution in [3.8, 4) is 0 Å². The van der Waals surface area contributed by atoms with Crippen molar-refractivity contribution in [2.24, 2.45) is 5.73 Å². The lowest BCUT2D eigenvalue weighted by molar-refractivity contribution is 0.628. The molecule has 0 aromatic heterocycles. The van der Waals surface area contributed by atoms with Gasteiger partial charge in [-0.1, -0.05) is 29.9 Å². The SMILES string of the molecule is NC(=S)c1ccc(N2CCc3ccc(F)cc32)cc1Cl. The largest absolute Gasteiger partial charge is 0.389 e. The number of anilines is 2.